The maximum absolute atomic E-state index is 12.6. The Bertz CT molecular complexity index is 582. The van der Waals surface area contributed by atoms with Crippen molar-refractivity contribution in [1.29, 1.82) is 0 Å². The highest BCUT2D eigenvalue weighted by Crippen LogP contribution is 2.20. The van der Waals surface area contributed by atoms with Gasteiger partial charge in [0.15, 0.2) is 0 Å². The maximum atomic E-state index is 12.6. The van der Waals surface area contributed by atoms with E-state index in [-0.39, 0.29) is 17.9 Å². The predicted octanol–water partition coefficient (Wildman–Crippen LogP) is 0.642. The Balaban J connectivity index is 1.60. The van der Waals surface area contributed by atoms with Crippen molar-refractivity contribution < 1.29 is 14.3 Å². The number of nitrogens with one attached hydrogen (secondary N) is 1. The Kier molecular flexibility index (Phi) is 5.07. The molecule has 2 saturated heterocycles. The highest BCUT2D eigenvalue weighted by Gasteiger charge is 2.31. The Morgan fingerprint density at radius 3 is 2.52 bits per heavy atom. The van der Waals surface area contributed by atoms with E-state index in [9.17, 15) is 9.59 Å². The van der Waals surface area contributed by atoms with Crippen molar-refractivity contribution in [3.63, 3.8) is 0 Å². The summed E-state index contributed by atoms with van der Waals surface area (Å²) in [6, 6.07) is 7.17. The molecular weight excluding hydrogens is 314 g/mol. The van der Waals surface area contributed by atoms with E-state index in [1.54, 1.807) is 35.9 Å². The fourth-order valence-electron chi connectivity index (χ4n) is 2.90. The first kappa shape index (κ1) is 16.1. The SMILES string of the molecule is COc1ccccc1C(=O)N1CCN(C(=O)C2CSCN2)CC1. The number of hydrogen-bond acceptors (Lipinski definition) is 5. The average molecular weight is 335 g/mol. The number of nitrogens with zero attached hydrogens (tertiary/aromatic N) is 2. The van der Waals surface area contributed by atoms with Crippen LogP contribution in [-0.4, -0.2) is 72.6 Å². The molecule has 23 heavy (non-hydrogen) atoms. The lowest BCUT2D eigenvalue weighted by molar-refractivity contribution is -0.134. The van der Waals surface area contributed by atoms with E-state index >= 15 is 0 Å². The van der Waals surface area contributed by atoms with Crippen LogP contribution >= 0.6 is 11.8 Å². The van der Waals surface area contributed by atoms with Crippen molar-refractivity contribution in [2.75, 3.05) is 44.9 Å². The van der Waals surface area contributed by atoms with E-state index in [0.717, 1.165) is 11.6 Å². The summed E-state index contributed by atoms with van der Waals surface area (Å²) in [6.45, 7) is 2.29. The Morgan fingerprint density at radius 2 is 1.87 bits per heavy atom. The van der Waals surface area contributed by atoms with E-state index in [1.807, 2.05) is 17.0 Å². The fourth-order valence-corrected chi connectivity index (χ4v) is 3.83. The molecule has 6 nitrogen and oxygen atoms in total. The van der Waals surface area contributed by atoms with Gasteiger partial charge in [0, 0.05) is 37.8 Å². The van der Waals surface area contributed by atoms with Gasteiger partial charge in [0.05, 0.1) is 18.7 Å². The number of methoxy groups -OCH3 is 1. The third-order valence-corrected chi connectivity index (χ3v) is 5.17. The van der Waals surface area contributed by atoms with Gasteiger partial charge in [0.1, 0.15) is 5.75 Å². The minimum Gasteiger partial charge on any atom is -0.496 e. The van der Waals surface area contributed by atoms with Crippen LogP contribution in [-0.2, 0) is 4.79 Å². The first-order valence-electron chi connectivity index (χ1n) is 7.73. The number of carbonyl (C=O) groups is 2. The molecule has 0 radical (unpaired) electrons. The quantitative estimate of drug-likeness (QED) is 0.878. The number of thioether (sulfide) groups is 1. The van der Waals surface area contributed by atoms with Gasteiger partial charge in [0.2, 0.25) is 5.91 Å². The van der Waals surface area contributed by atoms with Crippen LogP contribution in [0.5, 0.6) is 5.75 Å². The van der Waals surface area contributed by atoms with Gasteiger partial charge in [-0.2, -0.15) is 0 Å². The normalized spacial score (nSPS) is 21.3. The zero-order valence-corrected chi connectivity index (χ0v) is 14.0. The third kappa shape index (κ3) is 3.45. The first-order chi connectivity index (χ1) is 11.2. The molecule has 1 aromatic rings. The summed E-state index contributed by atoms with van der Waals surface area (Å²) in [4.78, 5) is 28.7. The zero-order valence-electron chi connectivity index (χ0n) is 13.2. The Hall–Kier alpha value is -1.73. The van der Waals surface area contributed by atoms with E-state index in [1.165, 1.54) is 0 Å². The molecule has 0 bridgehead atoms. The summed E-state index contributed by atoms with van der Waals surface area (Å²) < 4.78 is 5.26. The second-order valence-electron chi connectivity index (χ2n) is 5.59. The third-order valence-electron chi connectivity index (χ3n) is 4.23. The lowest BCUT2D eigenvalue weighted by Crippen LogP contribution is -2.54. The van der Waals surface area contributed by atoms with Gasteiger partial charge >= 0.3 is 0 Å². The summed E-state index contributed by atoms with van der Waals surface area (Å²) in [6.07, 6.45) is 0. The van der Waals surface area contributed by atoms with Gasteiger partial charge in [-0.25, -0.2) is 0 Å². The molecule has 7 heteroatoms. The van der Waals surface area contributed by atoms with E-state index in [4.69, 9.17) is 4.74 Å². The van der Waals surface area contributed by atoms with Crippen molar-refractivity contribution in [3.05, 3.63) is 29.8 Å². The van der Waals surface area contributed by atoms with Crippen LogP contribution in [0.25, 0.3) is 0 Å². The van der Waals surface area contributed by atoms with Crippen LogP contribution in [0.15, 0.2) is 24.3 Å². The maximum Gasteiger partial charge on any atom is 0.257 e. The van der Waals surface area contributed by atoms with Crippen molar-refractivity contribution in [3.8, 4) is 5.75 Å². The molecule has 1 aromatic carbocycles. The number of ether oxygens (including phenoxy) is 1. The molecule has 2 aliphatic rings. The Labute approximate surface area is 140 Å². The monoisotopic (exact) mass is 335 g/mol. The number of benzene rings is 1. The molecule has 2 amide bonds. The largest absolute Gasteiger partial charge is 0.496 e. The highest BCUT2D eigenvalue weighted by molar-refractivity contribution is 7.99. The number of carbonyl (C=O) groups excluding carboxylic acids is 2. The lowest BCUT2D eigenvalue weighted by Gasteiger charge is -2.36. The fraction of sp³-hybridized carbons (Fsp3) is 0.500. The summed E-state index contributed by atoms with van der Waals surface area (Å²) >= 11 is 1.74. The van der Waals surface area contributed by atoms with Crippen LogP contribution in [0.1, 0.15) is 10.4 Å². The van der Waals surface area contributed by atoms with Gasteiger partial charge in [-0.05, 0) is 12.1 Å². The topological polar surface area (TPSA) is 61.9 Å². The van der Waals surface area contributed by atoms with Crippen molar-refractivity contribution in [2.45, 2.75) is 6.04 Å². The molecule has 0 spiro atoms. The Morgan fingerprint density at radius 1 is 1.17 bits per heavy atom. The number of amides is 2. The molecule has 1 atom stereocenters. The number of para-hydroxylation sites is 1. The van der Waals surface area contributed by atoms with Gasteiger partial charge in [-0.1, -0.05) is 12.1 Å². The summed E-state index contributed by atoms with van der Waals surface area (Å²) in [5.74, 6) is 2.37. The minimum atomic E-state index is -0.0727. The minimum absolute atomic E-state index is 0.0379. The summed E-state index contributed by atoms with van der Waals surface area (Å²) in [5, 5.41) is 3.20. The van der Waals surface area contributed by atoms with Gasteiger partial charge < -0.3 is 14.5 Å². The second-order valence-corrected chi connectivity index (χ2v) is 6.62. The number of rotatable bonds is 3. The van der Waals surface area contributed by atoms with Crippen molar-refractivity contribution in [1.82, 2.24) is 15.1 Å². The molecule has 2 aliphatic heterocycles. The van der Waals surface area contributed by atoms with Crippen LogP contribution in [0.3, 0.4) is 0 Å². The van der Waals surface area contributed by atoms with Crippen LogP contribution in [0.2, 0.25) is 0 Å². The highest BCUT2D eigenvalue weighted by atomic mass is 32.2. The predicted molar refractivity (Wildman–Crippen MR) is 89.7 cm³/mol. The first-order valence-corrected chi connectivity index (χ1v) is 8.88. The second kappa shape index (κ2) is 7.23. The molecule has 124 valence electrons. The average Bonchev–Trinajstić information content (AvgIpc) is 3.15. The number of hydrogen-bond donors (Lipinski definition) is 1. The number of piperazine rings is 1. The molecule has 0 aliphatic carbocycles. The van der Waals surface area contributed by atoms with Gasteiger partial charge in [0.25, 0.3) is 5.91 Å². The smallest absolute Gasteiger partial charge is 0.257 e. The molecule has 3 rings (SSSR count). The van der Waals surface area contributed by atoms with Crippen LogP contribution in [0.4, 0.5) is 0 Å². The molecule has 0 aromatic heterocycles. The van der Waals surface area contributed by atoms with Crippen LogP contribution in [0, 0.1) is 0 Å². The lowest BCUT2D eigenvalue weighted by atomic mass is 10.1. The van der Waals surface area contributed by atoms with E-state index < -0.39 is 0 Å². The molecule has 2 fully saturated rings. The van der Waals surface area contributed by atoms with Gasteiger partial charge in [-0.15, -0.1) is 11.8 Å². The molecule has 1 N–H and O–H groups in total. The van der Waals surface area contributed by atoms with E-state index in [2.05, 4.69) is 5.32 Å². The molecular formula is C16H21N3O3S. The summed E-state index contributed by atoms with van der Waals surface area (Å²) in [5.41, 5.74) is 0.573. The molecule has 0 saturated carbocycles. The van der Waals surface area contributed by atoms with Crippen molar-refractivity contribution in [2.24, 2.45) is 0 Å². The standard InChI is InChI=1S/C16H21N3O3S/c1-22-14-5-3-2-4-12(14)15(20)18-6-8-19(9-7-18)16(21)13-10-23-11-17-13/h2-5,13,17H,6-11H2,1H3. The van der Waals surface area contributed by atoms with Gasteiger partial charge in [-0.3, -0.25) is 14.9 Å². The van der Waals surface area contributed by atoms with E-state index in [0.29, 0.717) is 37.5 Å². The summed E-state index contributed by atoms with van der Waals surface area (Å²) in [7, 11) is 1.56. The van der Waals surface area contributed by atoms with Crippen LogP contribution < -0.4 is 10.1 Å². The van der Waals surface area contributed by atoms with Crippen molar-refractivity contribution >= 4 is 23.6 Å². The zero-order chi connectivity index (χ0) is 16.2. The molecule has 2 heterocycles. The molecule has 1 unspecified atom stereocenters.